The lowest BCUT2D eigenvalue weighted by atomic mass is 9.87. The predicted molar refractivity (Wildman–Crippen MR) is 66.5 cm³/mol. The zero-order chi connectivity index (χ0) is 12.4. The first-order valence-electron chi connectivity index (χ1n) is 6.22. The molecule has 1 saturated heterocycles. The normalized spacial score (nSPS) is 30.4. The number of hydrogen-bond acceptors (Lipinski definition) is 3. The maximum Gasteiger partial charge on any atom is 0.0777 e. The molecule has 0 radical (unpaired) electrons. The second-order valence-corrected chi connectivity index (χ2v) is 6.37. The molecule has 1 heterocycles. The maximum absolute atomic E-state index is 10.1. The van der Waals surface area contributed by atoms with Gasteiger partial charge >= 0.3 is 0 Å². The number of nitrogens with zero attached hydrogens (tertiary/aromatic N) is 1. The molecule has 16 heavy (non-hydrogen) atoms. The average Bonchev–Trinajstić information content (AvgIpc) is 2.16. The average molecular weight is 229 g/mol. The van der Waals surface area contributed by atoms with Gasteiger partial charge in [-0.3, -0.25) is 4.90 Å². The van der Waals surface area contributed by atoms with E-state index in [0.29, 0.717) is 0 Å². The molecule has 2 unspecified atom stereocenters. The second-order valence-electron chi connectivity index (χ2n) is 6.37. The van der Waals surface area contributed by atoms with E-state index < -0.39 is 0 Å². The first kappa shape index (κ1) is 13.9. The molecule has 0 aromatic heterocycles. The third-order valence-electron chi connectivity index (χ3n) is 3.66. The van der Waals surface area contributed by atoms with Crippen LogP contribution in [0.15, 0.2) is 0 Å². The summed E-state index contributed by atoms with van der Waals surface area (Å²) in [5.74, 6) is 0. The lowest BCUT2D eigenvalue weighted by Gasteiger charge is -2.41. The summed E-state index contributed by atoms with van der Waals surface area (Å²) in [5, 5.41) is 10.1. The number of methoxy groups -OCH3 is 1. The highest BCUT2D eigenvalue weighted by Crippen LogP contribution is 2.26. The molecule has 0 spiro atoms. The number of aliphatic hydroxyl groups excluding tert-OH is 1. The molecule has 2 atom stereocenters. The molecule has 3 heteroatoms. The van der Waals surface area contributed by atoms with Gasteiger partial charge in [-0.15, -0.1) is 0 Å². The predicted octanol–water partition coefficient (Wildman–Crippen LogP) is 1.89. The largest absolute Gasteiger partial charge is 0.391 e. The minimum absolute atomic E-state index is 0.0319. The zero-order valence-electron chi connectivity index (χ0n) is 11.4. The van der Waals surface area contributed by atoms with E-state index in [4.69, 9.17) is 4.74 Å². The summed E-state index contributed by atoms with van der Waals surface area (Å²) in [5.41, 5.74) is -0.0726. The van der Waals surface area contributed by atoms with Crippen molar-refractivity contribution in [3.05, 3.63) is 0 Å². The van der Waals surface area contributed by atoms with Gasteiger partial charge in [0.05, 0.1) is 11.7 Å². The molecule has 1 N–H and O–H groups in total. The van der Waals surface area contributed by atoms with E-state index in [9.17, 15) is 5.11 Å². The molecular weight excluding hydrogens is 202 g/mol. The number of ether oxygens (including phenoxy) is 1. The van der Waals surface area contributed by atoms with Gasteiger partial charge in [0.1, 0.15) is 0 Å². The van der Waals surface area contributed by atoms with Crippen LogP contribution in [-0.4, -0.2) is 48.5 Å². The van der Waals surface area contributed by atoms with E-state index in [2.05, 4.69) is 32.6 Å². The van der Waals surface area contributed by atoms with Gasteiger partial charge in [0.2, 0.25) is 0 Å². The molecule has 0 saturated carbocycles. The van der Waals surface area contributed by atoms with E-state index in [1.54, 1.807) is 7.11 Å². The minimum atomic E-state index is -0.272. The molecule has 0 bridgehead atoms. The van der Waals surface area contributed by atoms with E-state index in [1.165, 1.54) is 0 Å². The van der Waals surface area contributed by atoms with Gasteiger partial charge in [-0.25, -0.2) is 0 Å². The quantitative estimate of drug-likeness (QED) is 0.802. The van der Waals surface area contributed by atoms with Crippen LogP contribution in [0.2, 0.25) is 0 Å². The Bertz CT molecular complexity index is 224. The summed E-state index contributed by atoms with van der Waals surface area (Å²) >= 11 is 0. The molecular formula is C13H27NO2. The zero-order valence-corrected chi connectivity index (χ0v) is 11.4. The Labute approximate surface area is 99.8 Å². The molecule has 0 aromatic carbocycles. The summed E-state index contributed by atoms with van der Waals surface area (Å²) < 4.78 is 5.55. The van der Waals surface area contributed by atoms with Crippen molar-refractivity contribution in [3.8, 4) is 0 Å². The number of likely N-dealkylation sites (tertiary alicyclic amines) is 1. The fraction of sp³-hybridized carbons (Fsp3) is 1.00. The van der Waals surface area contributed by atoms with Crippen molar-refractivity contribution < 1.29 is 9.84 Å². The summed E-state index contributed by atoms with van der Waals surface area (Å²) in [7, 11) is 1.78. The highest BCUT2D eigenvalue weighted by Gasteiger charge is 2.33. The van der Waals surface area contributed by atoms with E-state index >= 15 is 0 Å². The third kappa shape index (κ3) is 3.72. The topological polar surface area (TPSA) is 32.7 Å². The monoisotopic (exact) mass is 229 g/mol. The fourth-order valence-corrected chi connectivity index (χ4v) is 2.15. The standard InChI is InChI=1S/C13H27NO2/c1-12(2,3)11(15)9-14-8-6-7-13(4,10-14)16-5/h11,15H,6-10H2,1-5H3. The minimum Gasteiger partial charge on any atom is -0.391 e. The number of piperidine rings is 1. The van der Waals surface area contributed by atoms with E-state index in [1.807, 2.05) is 0 Å². The van der Waals surface area contributed by atoms with Crippen LogP contribution >= 0.6 is 0 Å². The van der Waals surface area contributed by atoms with Crippen molar-refractivity contribution in [3.63, 3.8) is 0 Å². The van der Waals surface area contributed by atoms with Crippen LogP contribution in [0.5, 0.6) is 0 Å². The first-order valence-corrected chi connectivity index (χ1v) is 6.22. The Morgan fingerprint density at radius 3 is 2.56 bits per heavy atom. The second kappa shape index (κ2) is 5.03. The lowest BCUT2D eigenvalue weighted by Crippen LogP contribution is -2.51. The molecule has 96 valence electrons. The number of rotatable bonds is 3. The van der Waals surface area contributed by atoms with E-state index in [0.717, 1.165) is 32.5 Å². The highest BCUT2D eigenvalue weighted by molar-refractivity contribution is 4.87. The van der Waals surface area contributed by atoms with Crippen molar-refractivity contribution >= 4 is 0 Å². The van der Waals surface area contributed by atoms with Crippen LogP contribution in [0, 0.1) is 5.41 Å². The Hall–Kier alpha value is -0.120. The van der Waals surface area contributed by atoms with Gasteiger partial charge < -0.3 is 9.84 Å². The molecule has 3 nitrogen and oxygen atoms in total. The Morgan fingerprint density at radius 1 is 1.44 bits per heavy atom. The lowest BCUT2D eigenvalue weighted by molar-refractivity contribution is -0.0669. The Kier molecular flexibility index (Phi) is 4.38. The first-order chi connectivity index (χ1) is 7.27. The molecule has 1 aliphatic heterocycles. The van der Waals surface area contributed by atoms with Gasteiger partial charge in [-0.2, -0.15) is 0 Å². The molecule has 1 aliphatic rings. The van der Waals surface area contributed by atoms with Crippen molar-refractivity contribution in [1.82, 2.24) is 4.90 Å². The van der Waals surface area contributed by atoms with Gasteiger partial charge in [0, 0.05) is 20.2 Å². The van der Waals surface area contributed by atoms with E-state index in [-0.39, 0.29) is 17.1 Å². The maximum atomic E-state index is 10.1. The van der Waals surface area contributed by atoms with Crippen molar-refractivity contribution in [2.24, 2.45) is 5.41 Å². The van der Waals surface area contributed by atoms with Crippen LogP contribution < -0.4 is 0 Å². The summed E-state index contributed by atoms with van der Waals surface area (Å²) in [6, 6.07) is 0. The summed E-state index contributed by atoms with van der Waals surface area (Å²) in [6.45, 7) is 11.2. The Balaban J connectivity index is 2.49. The Morgan fingerprint density at radius 2 is 2.06 bits per heavy atom. The SMILES string of the molecule is COC1(C)CCCN(CC(O)C(C)(C)C)C1. The van der Waals surface area contributed by atoms with Crippen LogP contribution in [-0.2, 0) is 4.74 Å². The van der Waals surface area contributed by atoms with Crippen LogP contribution in [0.4, 0.5) is 0 Å². The summed E-state index contributed by atoms with van der Waals surface area (Å²) in [6.07, 6.45) is 2.00. The number of β-amino-alcohol motifs (C(OH)–C–C–N with tert-alkyl or cyclic N) is 1. The van der Waals surface area contributed by atoms with Gasteiger partial charge in [0.15, 0.2) is 0 Å². The number of aliphatic hydroxyl groups is 1. The van der Waals surface area contributed by atoms with Crippen LogP contribution in [0.25, 0.3) is 0 Å². The molecule has 0 aromatic rings. The highest BCUT2D eigenvalue weighted by atomic mass is 16.5. The van der Waals surface area contributed by atoms with Gasteiger partial charge in [-0.1, -0.05) is 20.8 Å². The summed E-state index contributed by atoms with van der Waals surface area (Å²) in [4.78, 5) is 2.32. The van der Waals surface area contributed by atoms with Gasteiger partial charge in [0.25, 0.3) is 0 Å². The smallest absolute Gasteiger partial charge is 0.0777 e. The number of hydrogen-bond donors (Lipinski definition) is 1. The third-order valence-corrected chi connectivity index (χ3v) is 3.66. The van der Waals surface area contributed by atoms with Crippen LogP contribution in [0.3, 0.4) is 0 Å². The van der Waals surface area contributed by atoms with Gasteiger partial charge in [-0.05, 0) is 31.7 Å². The molecule has 1 fully saturated rings. The molecule has 1 rings (SSSR count). The molecule has 0 aliphatic carbocycles. The molecule has 0 amide bonds. The van der Waals surface area contributed by atoms with Crippen molar-refractivity contribution in [2.75, 3.05) is 26.7 Å². The van der Waals surface area contributed by atoms with Crippen molar-refractivity contribution in [2.45, 2.75) is 52.2 Å². The fourth-order valence-electron chi connectivity index (χ4n) is 2.15. The van der Waals surface area contributed by atoms with Crippen molar-refractivity contribution in [1.29, 1.82) is 0 Å². The van der Waals surface area contributed by atoms with Crippen LogP contribution in [0.1, 0.15) is 40.5 Å².